The number of rotatable bonds is 2. The molecule has 0 atom stereocenters. The number of hydroxylamine groups is 2. The van der Waals surface area contributed by atoms with E-state index in [-0.39, 0.29) is 29.6 Å². The standard InChI is InChI=1S/C3H9NO3S.Na.H/c1-4(2)7-8(3,5)6;;/h1-3H3;;. The van der Waals surface area contributed by atoms with E-state index in [1.165, 1.54) is 14.1 Å². The Balaban J connectivity index is 0. The Bertz CT molecular complexity index is 152. The molecular weight excluding hydrogens is 153 g/mol. The monoisotopic (exact) mass is 163 g/mol. The Kier molecular flexibility index (Phi) is 6.48. The Labute approximate surface area is 77.5 Å². The van der Waals surface area contributed by atoms with E-state index in [0.29, 0.717) is 0 Å². The molecule has 0 unspecified atom stereocenters. The molecule has 0 fully saturated rings. The summed E-state index contributed by atoms with van der Waals surface area (Å²) in [5.41, 5.74) is 0. The van der Waals surface area contributed by atoms with E-state index < -0.39 is 10.1 Å². The first-order valence-corrected chi connectivity index (χ1v) is 3.80. The van der Waals surface area contributed by atoms with Gasteiger partial charge in [0.25, 0.3) is 10.1 Å². The fraction of sp³-hybridized carbons (Fsp3) is 1.00. The second-order valence-electron chi connectivity index (χ2n) is 1.59. The summed E-state index contributed by atoms with van der Waals surface area (Å²) in [5.74, 6) is 0. The predicted octanol–water partition coefficient (Wildman–Crippen LogP) is -1.21. The van der Waals surface area contributed by atoms with E-state index >= 15 is 0 Å². The molecule has 0 aromatic carbocycles. The predicted molar refractivity (Wildman–Crippen MR) is 36.8 cm³/mol. The first-order chi connectivity index (χ1) is 3.42. The van der Waals surface area contributed by atoms with Crippen molar-refractivity contribution in [2.45, 2.75) is 0 Å². The van der Waals surface area contributed by atoms with Crippen molar-refractivity contribution in [3.8, 4) is 0 Å². The van der Waals surface area contributed by atoms with Crippen molar-refractivity contribution < 1.29 is 12.7 Å². The van der Waals surface area contributed by atoms with Crippen LogP contribution in [0.1, 0.15) is 0 Å². The summed E-state index contributed by atoms with van der Waals surface area (Å²) in [6.45, 7) is 0. The molecule has 0 N–H and O–H groups in total. The van der Waals surface area contributed by atoms with Gasteiger partial charge in [-0.2, -0.15) is 17.8 Å². The van der Waals surface area contributed by atoms with Crippen LogP contribution in [0.15, 0.2) is 0 Å². The minimum atomic E-state index is -3.30. The molecule has 0 radical (unpaired) electrons. The van der Waals surface area contributed by atoms with Gasteiger partial charge in [-0.25, -0.2) is 0 Å². The van der Waals surface area contributed by atoms with Gasteiger partial charge in [-0.3, -0.25) is 0 Å². The molecule has 6 heteroatoms. The van der Waals surface area contributed by atoms with Crippen LogP contribution < -0.4 is 0 Å². The van der Waals surface area contributed by atoms with Gasteiger partial charge in [0.2, 0.25) is 0 Å². The van der Waals surface area contributed by atoms with Crippen LogP contribution in [-0.4, -0.2) is 63.4 Å². The zero-order valence-electron chi connectivity index (χ0n) is 5.08. The van der Waals surface area contributed by atoms with Crippen molar-refractivity contribution in [2.75, 3.05) is 20.4 Å². The normalized spacial score (nSPS) is 11.1. The fourth-order valence-electron chi connectivity index (χ4n) is 0.271. The van der Waals surface area contributed by atoms with Gasteiger partial charge in [0.15, 0.2) is 0 Å². The molecule has 0 amide bonds. The zero-order chi connectivity index (χ0) is 6.78. The maximum atomic E-state index is 10.2. The molecule has 0 heterocycles. The third-order valence-electron chi connectivity index (χ3n) is 0.284. The maximum absolute atomic E-state index is 10.2. The molecule has 0 saturated carbocycles. The first-order valence-electron chi connectivity index (χ1n) is 1.99. The van der Waals surface area contributed by atoms with Crippen molar-refractivity contribution >= 4 is 39.7 Å². The Morgan fingerprint density at radius 1 is 1.33 bits per heavy atom. The van der Waals surface area contributed by atoms with Crippen molar-refractivity contribution in [3.63, 3.8) is 0 Å². The van der Waals surface area contributed by atoms with Crippen LogP contribution in [0.4, 0.5) is 0 Å². The van der Waals surface area contributed by atoms with E-state index in [9.17, 15) is 8.42 Å². The Morgan fingerprint density at radius 2 is 1.67 bits per heavy atom. The molecule has 0 aliphatic carbocycles. The van der Waals surface area contributed by atoms with Gasteiger partial charge in [0.05, 0.1) is 6.26 Å². The van der Waals surface area contributed by atoms with E-state index in [4.69, 9.17) is 0 Å². The average molecular weight is 163 g/mol. The molecule has 4 nitrogen and oxygen atoms in total. The van der Waals surface area contributed by atoms with Gasteiger partial charge in [-0.05, 0) is 0 Å². The molecule has 52 valence electrons. The van der Waals surface area contributed by atoms with Gasteiger partial charge in [-0.15, -0.1) is 0 Å². The molecule has 0 saturated heterocycles. The van der Waals surface area contributed by atoms with Gasteiger partial charge in [-0.1, -0.05) is 0 Å². The molecule has 0 aromatic heterocycles. The molecule has 0 bridgehead atoms. The van der Waals surface area contributed by atoms with Crippen LogP contribution in [0.5, 0.6) is 0 Å². The van der Waals surface area contributed by atoms with Crippen molar-refractivity contribution in [3.05, 3.63) is 0 Å². The molecule has 0 aliphatic rings. The Hall–Kier alpha value is 0.870. The summed E-state index contributed by atoms with van der Waals surface area (Å²) in [4.78, 5) is 0. The van der Waals surface area contributed by atoms with Crippen LogP contribution in [0.25, 0.3) is 0 Å². The summed E-state index contributed by atoms with van der Waals surface area (Å²) in [5, 5.41) is 1.12. The third-order valence-corrected chi connectivity index (χ3v) is 0.853. The zero-order valence-corrected chi connectivity index (χ0v) is 5.90. The van der Waals surface area contributed by atoms with E-state index in [0.717, 1.165) is 11.3 Å². The SMILES string of the molecule is CN(C)OS(C)(=O)=O.[NaH]. The van der Waals surface area contributed by atoms with Crippen LogP contribution in [-0.2, 0) is 14.4 Å². The van der Waals surface area contributed by atoms with E-state index in [2.05, 4.69) is 4.28 Å². The van der Waals surface area contributed by atoms with E-state index in [1.807, 2.05) is 0 Å². The van der Waals surface area contributed by atoms with Gasteiger partial charge in [0, 0.05) is 14.1 Å². The molecule has 0 spiro atoms. The summed E-state index contributed by atoms with van der Waals surface area (Å²) < 4.78 is 24.6. The second-order valence-corrected chi connectivity index (χ2v) is 3.15. The van der Waals surface area contributed by atoms with Crippen LogP contribution >= 0.6 is 0 Å². The quantitative estimate of drug-likeness (QED) is 0.378. The number of hydrogen-bond donors (Lipinski definition) is 0. The van der Waals surface area contributed by atoms with Gasteiger partial charge in [0.1, 0.15) is 0 Å². The Morgan fingerprint density at radius 3 is 1.67 bits per heavy atom. The van der Waals surface area contributed by atoms with Crippen LogP contribution in [0, 0.1) is 0 Å². The second kappa shape index (κ2) is 4.65. The van der Waals surface area contributed by atoms with Crippen LogP contribution in [0.2, 0.25) is 0 Å². The van der Waals surface area contributed by atoms with Gasteiger partial charge < -0.3 is 0 Å². The molecule has 0 rings (SSSR count). The molecular formula is C3H10NNaO3S. The van der Waals surface area contributed by atoms with Crippen molar-refractivity contribution in [1.29, 1.82) is 0 Å². The van der Waals surface area contributed by atoms with Crippen LogP contribution in [0.3, 0.4) is 0 Å². The third kappa shape index (κ3) is 12.1. The average Bonchev–Trinajstić information content (AvgIpc) is 1.21. The van der Waals surface area contributed by atoms with Gasteiger partial charge >= 0.3 is 29.6 Å². The molecule has 0 aliphatic heterocycles. The first kappa shape index (κ1) is 12.5. The fourth-order valence-corrected chi connectivity index (χ4v) is 0.812. The van der Waals surface area contributed by atoms with Crippen molar-refractivity contribution in [2.24, 2.45) is 0 Å². The van der Waals surface area contributed by atoms with Crippen molar-refractivity contribution in [1.82, 2.24) is 5.06 Å². The topological polar surface area (TPSA) is 46.6 Å². The number of nitrogens with zero attached hydrogens (tertiary/aromatic N) is 1. The summed E-state index contributed by atoms with van der Waals surface area (Å²) in [6.07, 6.45) is 0.993. The molecule has 9 heavy (non-hydrogen) atoms. The summed E-state index contributed by atoms with van der Waals surface area (Å²) in [6, 6.07) is 0. The van der Waals surface area contributed by atoms with E-state index in [1.54, 1.807) is 0 Å². The number of hydrogen-bond acceptors (Lipinski definition) is 4. The summed E-state index contributed by atoms with van der Waals surface area (Å²) in [7, 11) is -0.295. The summed E-state index contributed by atoms with van der Waals surface area (Å²) >= 11 is 0. The minimum absolute atomic E-state index is 0. The molecule has 0 aromatic rings.